The molecule has 2 atom stereocenters. The number of nitrogens with one attached hydrogen (secondary N) is 2. The van der Waals surface area contributed by atoms with Crippen molar-refractivity contribution in [3.8, 4) is 0 Å². The second-order valence-electron chi connectivity index (χ2n) is 4.92. The zero-order chi connectivity index (χ0) is 13.8. The molecular formula is C11H21N3O4. The van der Waals surface area contributed by atoms with Gasteiger partial charge < -0.3 is 25.7 Å². The number of aliphatic carboxylic acids is 1. The second kappa shape index (κ2) is 6.01. The van der Waals surface area contributed by atoms with Gasteiger partial charge in [0.25, 0.3) is 0 Å². The number of carbonyl (C=O) groups excluding carboxylic acids is 1. The first-order valence-electron chi connectivity index (χ1n) is 6.00. The van der Waals surface area contributed by atoms with Crippen LogP contribution in [0.3, 0.4) is 0 Å². The Balaban J connectivity index is 2.24. The SMILES string of the molecule is CN1CCCC1CNC(=O)NCC(C)(O)C(=O)O. The molecule has 2 amide bonds. The maximum absolute atomic E-state index is 11.4. The number of rotatable bonds is 5. The third kappa shape index (κ3) is 4.15. The number of likely N-dealkylation sites (N-methyl/N-ethyl adjacent to an activating group) is 1. The third-order valence-electron chi connectivity index (χ3n) is 3.22. The summed E-state index contributed by atoms with van der Waals surface area (Å²) in [5.74, 6) is -1.36. The number of carboxylic acid groups (broad SMARTS) is 1. The third-order valence-corrected chi connectivity index (χ3v) is 3.22. The lowest BCUT2D eigenvalue weighted by Crippen LogP contribution is -2.50. The molecule has 0 radical (unpaired) electrons. The van der Waals surface area contributed by atoms with Crippen molar-refractivity contribution in [2.75, 3.05) is 26.7 Å². The maximum Gasteiger partial charge on any atom is 0.337 e. The van der Waals surface area contributed by atoms with Crippen molar-refractivity contribution < 1.29 is 19.8 Å². The van der Waals surface area contributed by atoms with Crippen LogP contribution in [-0.4, -0.2) is 65.4 Å². The average Bonchev–Trinajstić information content (AvgIpc) is 2.69. The molecule has 0 aromatic carbocycles. The van der Waals surface area contributed by atoms with Crippen molar-refractivity contribution in [1.29, 1.82) is 0 Å². The quantitative estimate of drug-likeness (QED) is 0.518. The van der Waals surface area contributed by atoms with Crippen LogP contribution in [0.1, 0.15) is 19.8 Å². The standard InChI is InChI=1S/C11H21N3O4/c1-11(18,9(15)16)7-13-10(17)12-6-8-4-3-5-14(8)2/h8,18H,3-7H2,1-2H3,(H,15,16)(H2,12,13,17). The molecule has 0 aromatic rings. The van der Waals surface area contributed by atoms with Crippen LogP contribution in [0.15, 0.2) is 0 Å². The van der Waals surface area contributed by atoms with E-state index in [1.165, 1.54) is 0 Å². The highest BCUT2D eigenvalue weighted by Crippen LogP contribution is 2.13. The van der Waals surface area contributed by atoms with Crippen LogP contribution >= 0.6 is 0 Å². The summed E-state index contributed by atoms with van der Waals surface area (Å²) in [7, 11) is 2.01. The van der Waals surface area contributed by atoms with Gasteiger partial charge in [-0.15, -0.1) is 0 Å². The van der Waals surface area contributed by atoms with E-state index in [0.29, 0.717) is 12.6 Å². The van der Waals surface area contributed by atoms with Crippen molar-refractivity contribution in [1.82, 2.24) is 15.5 Å². The molecule has 0 aromatic heterocycles. The highest BCUT2D eigenvalue weighted by molar-refractivity contribution is 5.79. The zero-order valence-electron chi connectivity index (χ0n) is 10.8. The molecule has 2 unspecified atom stereocenters. The maximum atomic E-state index is 11.4. The molecule has 0 bridgehead atoms. The number of amides is 2. The minimum absolute atomic E-state index is 0.325. The molecule has 1 heterocycles. The number of carboxylic acids is 1. The van der Waals surface area contributed by atoms with Crippen LogP contribution in [-0.2, 0) is 4.79 Å². The molecular weight excluding hydrogens is 238 g/mol. The highest BCUT2D eigenvalue weighted by atomic mass is 16.4. The summed E-state index contributed by atoms with van der Waals surface area (Å²) in [5.41, 5.74) is -1.94. The molecule has 18 heavy (non-hydrogen) atoms. The molecule has 0 saturated carbocycles. The molecule has 0 aliphatic carbocycles. The van der Waals surface area contributed by atoms with Gasteiger partial charge in [0.05, 0.1) is 6.54 Å². The predicted molar refractivity (Wildman–Crippen MR) is 65.3 cm³/mol. The van der Waals surface area contributed by atoms with E-state index in [4.69, 9.17) is 5.11 Å². The summed E-state index contributed by atoms with van der Waals surface area (Å²) in [4.78, 5) is 24.2. The predicted octanol–water partition coefficient (Wildman–Crippen LogP) is -0.785. The van der Waals surface area contributed by atoms with E-state index in [0.717, 1.165) is 26.3 Å². The Bertz CT molecular complexity index is 319. The van der Waals surface area contributed by atoms with E-state index in [1.807, 2.05) is 7.05 Å². The van der Waals surface area contributed by atoms with Gasteiger partial charge in [-0.1, -0.05) is 0 Å². The van der Waals surface area contributed by atoms with Gasteiger partial charge in [0, 0.05) is 12.6 Å². The summed E-state index contributed by atoms with van der Waals surface area (Å²) in [6, 6.07) is -0.132. The number of carbonyl (C=O) groups is 2. The van der Waals surface area contributed by atoms with Crippen LogP contribution in [0, 0.1) is 0 Å². The summed E-state index contributed by atoms with van der Waals surface area (Å²) in [5, 5.41) is 23.1. The average molecular weight is 259 g/mol. The molecule has 1 aliphatic heterocycles. The van der Waals surface area contributed by atoms with Crippen molar-refractivity contribution >= 4 is 12.0 Å². The highest BCUT2D eigenvalue weighted by Gasteiger charge is 2.30. The van der Waals surface area contributed by atoms with Gasteiger partial charge in [-0.25, -0.2) is 9.59 Å². The molecule has 1 fully saturated rings. The molecule has 4 N–H and O–H groups in total. The van der Waals surface area contributed by atoms with E-state index in [-0.39, 0.29) is 6.54 Å². The normalized spacial score (nSPS) is 23.4. The first kappa shape index (κ1) is 14.7. The molecule has 1 saturated heterocycles. The minimum atomic E-state index is -1.94. The molecule has 7 nitrogen and oxygen atoms in total. The Hall–Kier alpha value is -1.34. The van der Waals surface area contributed by atoms with Gasteiger partial charge in [-0.3, -0.25) is 0 Å². The van der Waals surface area contributed by atoms with E-state index in [9.17, 15) is 14.7 Å². The lowest BCUT2D eigenvalue weighted by molar-refractivity contribution is -0.155. The molecule has 1 aliphatic rings. The van der Waals surface area contributed by atoms with E-state index in [1.54, 1.807) is 0 Å². The van der Waals surface area contributed by atoms with Gasteiger partial charge in [0.2, 0.25) is 0 Å². The van der Waals surface area contributed by atoms with Crippen LogP contribution < -0.4 is 10.6 Å². The molecule has 104 valence electrons. The molecule has 0 spiro atoms. The number of aliphatic hydroxyl groups is 1. The number of likely N-dealkylation sites (tertiary alicyclic amines) is 1. The fraction of sp³-hybridized carbons (Fsp3) is 0.818. The van der Waals surface area contributed by atoms with Crippen LogP contribution in [0.5, 0.6) is 0 Å². The van der Waals surface area contributed by atoms with Gasteiger partial charge >= 0.3 is 12.0 Å². The van der Waals surface area contributed by atoms with Crippen molar-refractivity contribution in [2.45, 2.75) is 31.4 Å². The largest absolute Gasteiger partial charge is 0.479 e. The number of hydrogen-bond acceptors (Lipinski definition) is 4. The van der Waals surface area contributed by atoms with Gasteiger partial charge in [0.15, 0.2) is 5.60 Å². The Morgan fingerprint density at radius 2 is 2.11 bits per heavy atom. The lowest BCUT2D eigenvalue weighted by atomic mass is 10.1. The Kier molecular flexibility index (Phi) is 4.92. The first-order chi connectivity index (χ1) is 8.33. The van der Waals surface area contributed by atoms with Crippen molar-refractivity contribution in [2.24, 2.45) is 0 Å². The van der Waals surface area contributed by atoms with Gasteiger partial charge in [0.1, 0.15) is 0 Å². The fourth-order valence-electron chi connectivity index (χ4n) is 1.84. The summed E-state index contributed by atoms with van der Waals surface area (Å²) in [6.07, 6.45) is 2.17. The van der Waals surface area contributed by atoms with Crippen molar-refractivity contribution in [3.05, 3.63) is 0 Å². The smallest absolute Gasteiger partial charge is 0.337 e. The second-order valence-corrected chi connectivity index (χ2v) is 4.92. The zero-order valence-corrected chi connectivity index (χ0v) is 10.8. The number of nitrogens with zero attached hydrogens (tertiary/aromatic N) is 1. The van der Waals surface area contributed by atoms with Crippen LogP contribution in [0.25, 0.3) is 0 Å². The summed E-state index contributed by atoms with van der Waals surface area (Å²) < 4.78 is 0. The fourth-order valence-corrected chi connectivity index (χ4v) is 1.84. The molecule has 7 heteroatoms. The summed E-state index contributed by atoms with van der Waals surface area (Å²) in [6.45, 7) is 2.37. The summed E-state index contributed by atoms with van der Waals surface area (Å²) >= 11 is 0. The van der Waals surface area contributed by atoms with Gasteiger partial charge in [-0.05, 0) is 33.4 Å². The van der Waals surface area contributed by atoms with E-state index < -0.39 is 17.6 Å². The number of urea groups is 1. The molecule has 1 rings (SSSR count). The van der Waals surface area contributed by atoms with E-state index >= 15 is 0 Å². The Morgan fingerprint density at radius 1 is 1.44 bits per heavy atom. The van der Waals surface area contributed by atoms with Crippen molar-refractivity contribution in [3.63, 3.8) is 0 Å². The Morgan fingerprint density at radius 3 is 2.61 bits per heavy atom. The lowest BCUT2D eigenvalue weighted by Gasteiger charge is -2.21. The van der Waals surface area contributed by atoms with Crippen LogP contribution in [0.4, 0.5) is 4.79 Å². The van der Waals surface area contributed by atoms with Crippen LogP contribution in [0.2, 0.25) is 0 Å². The monoisotopic (exact) mass is 259 g/mol. The minimum Gasteiger partial charge on any atom is -0.479 e. The first-order valence-corrected chi connectivity index (χ1v) is 6.00. The Labute approximate surface area is 106 Å². The topological polar surface area (TPSA) is 102 Å². The number of hydrogen-bond donors (Lipinski definition) is 4. The van der Waals surface area contributed by atoms with E-state index in [2.05, 4.69) is 15.5 Å². The van der Waals surface area contributed by atoms with Gasteiger partial charge in [-0.2, -0.15) is 0 Å².